The topological polar surface area (TPSA) is 15.3 Å². The molecule has 0 unspecified atom stereocenters. The minimum absolute atomic E-state index is 0.165. The third-order valence-electron chi connectivity index (χ3n) is 3.83. The summed E-state index contributed by atoms with van der Waals surface area (Å²) < 4.78 is 0. The Bertz CT molecular complexity index is 430. The lowest BCUT2D eigenvalue weighted by atomic mass is 10.0. The van der Waals surface area contributed by atoms with Crippen LogP contribution in [0.5, 0.6) is 0 Å². The molecular formula is C18H28N2. The zero-order valence-corrected chi connectivity index (χ0v) is 13.2. The molecule has 20 heavy (non-hydrogen) atoms. The number of benzene rings is 1. The molecule has 0 saturated heterocycles. The minimum Gasteiger partial charge on any atom is -0.308 e. The number of fused-ring (bicyclic) bond motifs is 1. The monoisotopic (exact) mass is 272 g/mol. The molecule has 0 aromatic heterocycles. The fourth-order valence-electron chi connectivity index (χ4n) is 2.63. The van der Waals surface area contributed by atoms with Gasteiger partial charge in [0.1, 0.15) is 0 Å². The van der Waals surface area contributed by atoms with Crippen LogP contribution in [0.25, 0.3) is 0 Å². The van der Waals surface area contributed by atoms with Crippen LogP contribution in [0.4, 0.5) is 0 Å². The first-order valence-electron chi connectivity index (χ1n) is 7.65. The van der Waals surface area contributed by atoms with Crippen molar-refractivity contribution in [2.24, 2.45) is 0 Å². The first kappa shape index (κ1) is 15.3. The molecule has 0 bridgehead atoms. The fourth-order valence-corrected chi connectivity index (χ4v) is 2.63. The number of hydrogen-bond acceptors (Lipinski definition) is 2. The molecule has 0 radical (unpaired) electrons. The van der Waals surface area contributed by atoms with Crippen molar-refractivity contribution in [3.8, 4) is 0 Å². The van der Waals surface area contributed by atoms with Gasteiger partial charge in [0, 0.05) is 31.7 Å². The van der Waals surface area contributed by atoms with E-state index in [9.17, 15) is 0 Å². The van der Waals surface area contributed by atoms with Gasteiger partial charge in [0.05, 0.1) is 0 Å². The Balaban J connectivity index is 1.83. The van der Waals surface area contributed by atoms with E-state index in [0.29, 0.717) is 0 Å². The molecule has 2 heteroatoms. The number of nitrogens with one attached hydrogen (secondary N) is 1. The molecule has 0 amide bonds. The van der Waals surface area contributed by atoms with Gasteiger partial charge in [-0.3, -0.25) is 4.90 Å². The van der Waals surface area contributed by atoms with Crippen LogP contribution in [-0.4, -0.2) is 36.6 Å². The first-order chi connectivity index (χ1) is 9.44. The molecule has 1 N–H and O–H groups in total. The molecule has 0 aliphatic carbocycles. The summed E-state index contributed by atoms with van der Waals surface area (Å²) in [5.74, 6) is 0. The van der Waals surface area contributed by atoms with Gasteiger partial charge in [0.15, 0.2) is 0 Å². The Morgan fingerprint density at radius 1 is 1.15 bits per heavy atom. The van der Waals surface area contributed by atoms with Crippen molar-refractivity contribution in [3.63, 3.8) is 0 Å². The zero-order valence-electron chi connectivity index (χ0n) is 13.2. The van der Waals surface area contributed by atoms with Crippen LogP contribution >= 0.6 is 0 Å². The SMILES string of the molecule is C=C(CNC(C)(C)C)CN1CCc2ccccc2CC1. The zero-order chi connectivity index (χ0) is 14.6. The summed E-state index contributed by atoms with van der Waals surface area (Å²) >= 11 is 0. The van der Waals surface area contributed by atoms with Crippen LogP contribution < -0.4 is 5.32 Å². The Labute approximate surface area is 123 Å². The average molecular weight is 272 g/mol. The predicted molar refractivity (Wildman–Crippen MR) is 87.2 cm³/mol. The third-order valence-corrected chi connectivity index (χ3v) is 3.83. The first-order valence-corrected chi connectivity index (χ1v) is 7.65. The summed E-state index contributed by atoms with van der Waals surface area (Å²) in [6, 6.07) is 8.85. The lowest BCUT2D eigenvalue weighted by molar-refractivity contribution is 0.306. The normalized spacial score (nSPS) is 16.6. The van der Waals surface area contributed by atoms with Gasteiger partial charge in [-0.1, -0.05) is 30.8 Å². The van der Waals surface area contributed by atoms with E-state index in [4.69, 9.17) is 0 Å². The lowest BCUT2D eigenvalue weighted by Gasteiger charge is -2.25. The highest BCUT2D eigenvalue weighted by molar-refractivity contribution is 5.28. The molecule has 2 rings (SSSR count). The molecule has 2 nitrogen and oxygen atoms in total. The Morgan fingerprint density at radius 3 is 2.20 bits per heavy atom. The maximum atomic E-state index is 4.23. The Morgan fingerprint density at radius 2 is 1.70 bits per heavy atom. The average Bonchev–Trinajstić information content (AvgIpc) is 2.59. The summed E-state index contributed by atoms with van der Waals surface area (Å²) in [6.07, 6.45) is 2.33. The summed E-state index contributed by atoms with van der Waals surface area (Å²) in [7, 11) is 0. The van der Waals surface area contributed by atoms with E-state index in [1.54, 1.807) is 0 Å². The lowest BCUT2D eigenvalue weighted by Crippen LogP contribution is -2.39. The van der Waals surface area contributed by atoms with Crippen LogP contribution in [-0.2, 0) is 12.8 Å². The van der Waals surface area contributed by atoms with Gasteiger partial charge in [-0.25, -0.2) is 0 Å². The molecule has 1 aromatic rings. The molecule has 1 heterocycles. The molecule has 1 aromatic carbocycles. The maximum Gasteiger partial charge on any atom is 0.0203 e. The second-order valence-corrected chi connectivity index (χ2v) is 6.90. The molecular weight excluding hydrogens is 244 g/mol. The summed E-state index contributed by atoms with van der Waals surface area (Å²) in [5, 5.41) is 3.52. The number of nitrogens with zero attached hydrogens (tertiary/aromatic N) is 1. The summed E-state index contributed by atoms with van der Waals surface area (Å²) in [6.45, 7) is 15.0. The fraction of sp³-hybridized carbons (Fsp3) is 0.556. The maximum absolute atomic E-state index is 4.23. The second kappa shape index (κ2) is 6.55. The van der Waals surface area contributed by atoms with Crippen molar-refractivity contribution in [2.45, 2.75) is 39.2 Å². The standard InChI is InChI=1S/C18H28N2/c1-15(13-19-18(2,3)4)14-20-11-9-16-7-5-6-8-17(16)10-12-20/h5-8,19H,1,9-14H2,2-4H3. The largest absolute Gasteiger partial charge is 0.308 e. The smallest absolute Gasteiger partial charge is 0.0203 e. The van der Waals surface area contributed by atoms with Gasteiger partial charge in [-0.2, -0.15) is 0 Å². The van der Waals surface area contributed by atoms with Gasteiger partial charge in [-0.15, -0.1) is 0 Å². The Hall–Kier alpha value is -1.12. The van der Waals surface area contributed by atoms with Gasteiger partial charge >= 0.3 is 0 Å². The van der Waals surface area contributed by atoms with Crippen molar-refractivity contribution in [1.29, 1.82) is 0 Å². The number of hydrogen-bond donors (Lipinski definition) is 1. The van der Waals surface area contributed by atoms with E-state index in [2.05, 4.69) is 61.8 Å². The van der Waals surface area contributed by atoms with Gasteiger partial charge in [0.2, 0.25) is 0 Å². The molecule has 0 fully saturated rings. The van der Waals surface area contributed by atoms with E-state index < -0.39 is 0 Å². The van der Waals surface area contributed by atoms with E-state index in [-0.39, 0.29) is 5.54 Å². The molecule has 1 aliphatic rings. The van der Waals surface area contributed by atoms with Gasteiger partial charge in [0.25, 0.3) is 0 Å². The second-order valence-electron chi connectivity index (χ2n) is 6.90. The highest BCUT2D eigenvalue weighted by Crippen LogP contribution is 2.16. The Kier molecular flexibility index (Phi) is 5.00. The number of rotatable bonds is 4. The van der Waals surface area contributed by atoms with Crippen molar-refractivity contribution >= 4 is 0 Å². The summed E-state index contributed by atoms with van der Waals surface area (Å²) in [4.78, 5) is 2.53. The van der Waals surface area contributed by atoms with E-state index >= 15 is 0 Å². The quantitative estimate of drug-likeness (QED) is 0.848. The van der Waals surface area contributed by atoms with Crippen LogP contribution in [0.15, 0.2) is 36.4 Å². The molecule has 0 spiro atoms. The molecule has 0 atom stereocenters. The van der Waals surface area contributed by atoms with Gasteiger partial charge < -0.3 is 5.32 Å². The van der Waals surface area contributed by atoms with Crippen LogP contribution in [0.1, 0.15) is 31.9 Å². The van der Waals surface area contributed by atoms with Gasteiger partial charge in [-0.05, 0) is 50.3 Å². The molecule has 1 aliphatic heterocycles. The van der Waals surface area contributed by atoms with Crippen LogP contribution in [0, 0.1) is 0 Å². The highest BCUT2D eigenvalue weighted by atomic mass is 15.1. The van der Waals surface area contributed by atoms with Crippen LogP contribution in [0.3, 0.4) is 0 Å². The highest BCUT2D eigenvalue weighted by Gasteiger charge is 2.15. The van der Waals surface area contributed by atoms with E-state index in [1.807, 2.05) is 0 Å². The van der Waals surface area contributed by atoms with Crippen LogP contribution in [0.2, 0.25) is 0 Å². The van der Waals surface area contributed by atoms with Crippen molar-refractivity contribution in [2.75, 3.05) is 26.2 Å². The molecule has 110 valence electrons. The predicted octanol–water partition coefficient (Wildman–Crippen LogP) is 3.03. The third kappa shape index (κ3) is 4.77. The minimum atomic E-state index is 0.165. The van der Waals surface area contributed by atoms with Crippen molar-refractivity contribution < 1.29 is 0 Å². The molecule has 0 saturated carbocycles. The van der Waals surface area contributed by atoms with E-state index in [0.717, 1.165) is 39.0 Å². The van der Waals surface area contributed by atoms with E-state index in [1.165, 1.54) is 16.7 Å². The summed E-state index contributed by atoms with van der Waals surface area (Å²) in [5.41, 5.74) is 4.49. The van der Waals surface area contributed by atoms with Crippen molar-refractivity contribution in [3.05, 3.63) is 47.5 Å². The van der Waals surface area contributed by atoms with Crippen molar-refractivity contribution in [1.82, 2.24) is 10.2 Å².